The van der Waals surface area contributed by atoms with Crippen LogP contribution in [0.3, 0.4) is 0 Å². The van der Waals surface area contributed by atoms with Crippen molar-refractivity contribution in [2.45, 2.75) is 13.0 Å². The predicted molar refractivity (Wildman–Crippen MR) is 105 cm³/mol. The van der Waals surface area contributed by atoms with E-state index in [0.29, 0.717) is 36.1 Å². The molecule has 1 unspecified atom stereocenters. The molecular formula is C20H17ClN2O6. The first-order valence-corrected chi connectivity index (χ1v) is 9.32. The lowest BCUT2D eigenvalue weighted by Crippen LogP contribution is -2.47. The number of para-hydroxylation sites is 2. The average molecular weight is 417 g/mol. The monoisotopic (exact) mass is 416 g/mol. The standard InChI is InChI=1S/C20H17ClN2O6/c1-11(19(25)23-10-17(24)22-14-4-2-3-5-15(14)23)29-20(26)12-8-13(21)18-16(9-12)27-6-7-28-18/h2-5,8-9,11H,6-7,10H2,1H3,(H,22,24). The number of anilines is 2. The summed E-state index contributed by atoms with van der Waals surface area (Å²) in [6.45, 7) is 2.00. The molecule has 9 heteroatoms. The smallest absolute Gasteiger partial charge is 0.339 e. The zero-order valence-corrected chi connectivity index (χ0v) is 16.2. The number of benzene rings is 2. The summed E-state index contributed by atoms with van der Waals surface area (Å²) < 4.78 is 16.2. The first-order chi connectivity index (χ1) is 13.9. The molecular weight excluding hydrogens is 400 g/mol. The minimum absolute atomic E-state index is 0.135. The van der Waals surface area contributed by atoms with Crippen LogP contribution < -0.4 is 19.7 Å². The molecule has 8 nitrogen and oxygen atoms in total. The topological polar surface area (TPSA) is 94.2 Å². The number of nitrogens with one attached hydrogen (secondary N) is 1. The maximum atomic E-state index is 12.9. The maximum absolute atomic E-state index is 12.9. The Hall–Kier alpha value is -3.26. The number of ether oxygens (including phenoxy) is 3. The number of halogens is 1. The molecule has 0 aliphatic carbocycles. The van der Waals surface area contributed by atoms with Crippen LogP contribution in [0.5, 0.6) is 11.5 Å². The number of carbonyl (C=O) groups is 3. The lowest BCUT2D eigenvalue weighted by atomic mass is 10.1. The molecule has 2 amide bonds. The van der Waals surface area contributed by atoms with Gasteiger partial charge >= 0.3 is 5.97 Å². The molecule has 29 heavy (non-hydrogen) atoms. The van der Waals surface area contributed by atoms with Crippen molar-refractivity contribution in [3.63, 3.8) is 0 Å². The Morgan fingerprint density at radius 3 is 2.79 bits per heavy atom. The van der Waals surface area contributed by atoms with Gasteiger partial charge in [0.05, 0.1) is 22.0 Å². The average Bonchev–Trinajstić information content (AvgIpc) is 2.72. The fourth-order valence-corrected chi connectivity index (χ4v) is 3.42. The van der Waals surface area contributed by atoms with Crippen molar-refractivity contribution in [2.24, 2.45) is 0 Å². The second-order valence-corrected chi connectivity index (χ2v) is 6.93. The SMILES string of the molecule is CC(OC(=O)c1cc(Cl)c2c(c1)OCCO2)C(=O)N1CC(=O)Nc2ccccc21. The molecule has 0 saturated carbocycles. The van der Waals surface area contributed by atoms with Crippen LogP contribution >= 0.6 is 11.6 Å². The summed E-state index contributed by atoms with van der Waals surface area (Å²) in [6, 6.07) is 9.77. The molecule has 0 saturated heterocycles. The van der Waals surface area contributed by atoms with Gasteiger partial charge in [-0.3, -0.25) is 14.5 Å². The van der Waals surface area contributed by atoms with Crippen LogP contribution in [0.2, 0.25) is 5.02 Å². The second-order valence-electron chi connectivity index (χ2n) is 6.52. The Labute approximate surface area is 171 Å². The number of esters is 1. The van der Waals surface area contributed by atoms with Crippen molar-refractivity contribution in [3.05, 3.63) is 47.0 Å². The van der Waals surface area contributed by atoms with Gasteiger partial charge in [-0.05, 0) is 31.2 Å². The van der Waals surface area contributed by atoms with Gasteiger partial charge in [0.15, 0.2) is 17.6 Å². The summed E-state index contributed by atoms with van der Waals surface area (Å²) in [5.41, 5.74) is 1.20. The van der Waals surface area contributed by atoms with E-state index in [2.05, 4.69) is 5.32 Å². The first kappa shape index (κ1) is 19.1. The van der Waals surface area contributed by atoms with Crippen LogP contribution in [0.15, 0.2) is 36.4 Å². The van der Waals surface area contributed by atoms with Gasteiger partial charge in [-0.25, -0.2) is 4.79 Å². The fraction of sp³-hybridized carbons (Fsp3) is 0.250. The highest BCUT2D eigenvalue weighted by molar-refractivity contribution is 6.32. The van der Waals surface area contributed by atoms with Gasteiger partial charge in [-0.1, -0.05) is 23.7 Å². The van der Waals surface area contributed by atoms with E-state index in [1.165, 1.54) is 24.0 Å². The molecule has 2 aliphatic heterocycles. The Morgan fingerprint density at radius 1 is 1.21 bits per heavy atom. The molecule has 2 aromatic carbocycles. The third-order valence-electron chi connectivity index (χ3n) is 4.50. The summed E-state index contributed by atoms with van der Waals surface area (Å²) in [5, 5.41) is 2.92. The normalized spacial score (nSPS) is 15.8. The van der Waals surface area contributed by atoms with Crippen molar-refractivity contribution in [2.75, 3.05) is 30.0 Å². The largest absolute Gasteiger partial charge is 0.486 e. The van der Waals surface area contributed by atoms with E-state index in [-0.39, 0.29) is 23.0 Å². The summed E-state index contributed by atoms with van der Waals surface area (Å²) in [5.74, 6) is -0.858. The van der Waals surface area contributed by atoms with Crippen LogP contribution in [0.1, 0.15) is 17.3 Å². The van der Waals surface area contributed by atoms with Gasteiger partial charge in [-0.15, -0.1) is 0 Å². The Morgan fingerprint density at radius 2 is 1.97 bits per heavy atom. The first-order valence-electron chi connectivity index (χ1n) is 8.94. The molecule has 150 valence electrons. The van der Waals surface area contributed by atoms with Crippen molar-refractivity contribution in [3.8, 4) is 11.5 Å². The van der Waals surface area contributed by atoms with E-state index < -0.39 is 18.0 Å². The van der Waals surface area contributed by atoms with E-state index in [1.807, 2.05) is 0 Å². The fourth-order valence-electron chi connectivity index (χ4n) is 3.16. The molecule has 1 N–H and O–H groups in total. The van der Waals surface area contributed by atoms with Crippen LogP contribution in [0.4, 0.5) is 11.4 Å². The van der Waals surface area contributed by atoms with Gasteiger partial charge in [0.1, 0.15) is 19.8 Å². The van der Waals surface area contributed by atoms with Crippen molar-refractivity contribution < 1.29 is 28.6 Å². The number of carbonyl (C=O) groups excluding carboxylic acids is 3. The molecule has 1 atom stereocenters. The van der Waals surface area contributed by atoms with Crippen LogP contribution in [-0.2, 0) is 14.3 Å². The molecule has 0 fully saturated rings. The van der Waals surface area contributed by atoms with E-state index in [0.717, 1.165) is 0 Å². The minimum Gasteiger partial charge on any atom is -0.486 e. The van der Waals surface area contributed by atoms with E-state index in [9.17, 15) is 14.4 Å². The van der Waals surface area contributed by atoms with Crippen LogP contribution in [0.25, 0.3) is 0 Å². The highest BCUT2D eigenvalue weighted by atomic mass is 35.5. The minimum atomic E-state index is -1.12. The Bertz CT molecular complexity index is 1010. The van der Waals surface area contributed by atoms with E-state index in [1.54, 1.807) is 24.3 Å². The molecule has 0 bridgehead atoms. The van der Waals surface area contributed by atoms with E-state index >= 15 is 0 Å². The molecule has 4 rings (SSSR count). The molecule has 0 aromatic heterocycles. The number of rotatable bonds is 3. The van der Waals surface area contributed by atoms with Crippen molar-refractivity contribution in [1.29, 1.82) is 0 Å². The van der Waals surface area contributed by atoms with E-state index in [4.69, 9.17) is 25.8 Å². The van der Waals surface area contributed by atoms with Gasteiger partial charge in [0.25, 0.3) is 5.91 Å². The van der Waals surface area contributed by atoms with Gasteiger partial charge in [0, 0.05) is 0 Å². The summed E-state index contributed by atoms with van der Waals surface area (Å²) in [6.07, 6.45) is -1.12. The van der Waals surface area contributed by atoms with Crippen molar-refractivity contribution >= 4 is 40.8 Å². The molecule has 2 heterocycles. The molecule has 2 aliphatic rings. The highest BCUT2D eigenvalue weighted by Gasteiger charge is 2.32. The predicted octanol–water partition coefficient (Wildman–Crippen LogP) is 2.64. The number of hydrogen-bond donors (Lipinski definition) is 1. The zero-order chi connectivity index (χ0) is 20.5. The second kappa shape index (κ2) is 7.63. The highest BCUT2D eigenvalue weighted by Crippen LogP contribution is 2.38. The summed E-state index contributed by atoms with van der Waals surface area (Å²) in [4.78, 5) is 38.7. The number of nitrogens with zero attached hydrogens (tertiary/aromatic N) is 1. The Balaban J connectivity index is 1.52. The van der Waals surface area contributed by atoms with Crippen molar-refractivity contribution in [1.82, 2.24) is 0 Å². The summed E-state index contributed by atoms with van der Waals surface area (Å²) in [7, 11) is 0. The van der Waals surface area contributed by atoms with Crippen LogP contribution in [-0.4, -0.2) is 43.6 Å². The molecule has 0 spiro atoms. The summed E-state index contributed by atoms with van der Waals surface area (Å²) >= 11 is 6.15. The van der Waals surface area contributed by atoms with Crippen LogP contribution in [0, 0.1) is 0 Å². The molecule has 0 radical (unpaired) electrons. The zero-order valence-electron chi connectivity index (χ0n) is 15.4. The third kappa shape index (κ3) is 3.71. The number of amides is 2. The Kier molecular flexibility index (Phi) is 5.02. The quantitative estimate of drug-likeness (QED) is 0.773. The van der Waals surface area contributed by atoms with Gasteiger partial charge < -0.3 is 19.5 Å². The third-order valence-corrected chi connectivity index (χ3v) is 4.78. The number of hydrogen-bond acceptors (Lipinski definition) is 6. The maximum Gasteiger partial charge on any atom is 0.339 e. The van der Waals surface area contributed by atoms with Gasteiger partial charge in [-0.2, -0.15) is 0 Å². The number of fused-ring (bicyclic) bond motifs is 2. The molecule has 2 aromatic rings. The lowest BCUT2D eigenvalue weighted by molar-refractivity contribution is -0.128. The lowest BCUT2D eigenvalue weighted by Gasteiger charge is -2.30. The van der Waals surface area contributed by atoms with Gasteiger partial charge in [0.2, 0.25) is 5.91 Å².